The number of hydrogen-bond donors (Lipinski definition) is 2. The maximum atomic E-state index is 9.62. The number of aliphatic hydroxyl groups is 2. The molecular weight excluding hydrogens is 140 g/mol. The molecule has 0 aliphatic heterocycles. The Morgan fingerprint density at radius 2 is 2.00 bits per heavy atom. The SMILES string of the molecule is C=C1C[C@@H](O)C[C@H](O)C12CC2. The number of hydrogen-bond acceptors (Lipinski definition) is 2. The summed E-state index contributed by atoms with van der Waals surface area (Å²) in [7, 11) is 0. The first-order valence-electron chi connectivity index (χ1n) is 4.19. The van der Waals surface area contributed by atoms with Crippen LogP contribution in [0.1, 0.15) is 25.7 Å². The van der Waals surface area contributed by atoms with Crippen molar-refractivity contribution in [1.82, 2.24) is 0 Å². The minimum Gasteiger partial charge on any atom is -0.393 e. The van der Waals surface area contributed by atoms with Gasteiger partial charge in [0.25, 0.3) is 0 Å². The van der Waals surface area contributed by atoms with E-state index in [0.717, 1.165) is 18.4 Å². The summed E-state index contributed by atoms with van der Waals surface area (Å²) in [6.45, 7) is 3.91. The van der Waals surface area contributed by atoms with Crippen LogP contribution in [0, 0.1) is 5.41 Å². The molecule has 0 bridgehead atoms. The van der Waals surface area contributed by atoms with Crippen LogP contribution in [0.25, 0.3) is 0 Å². The molecule has 2 heteroatoms. The van der Waals surface area contributed by atoms with Crippen LogP contribution in [-0.4, -0.2) is 22.4 Å². The van der Waals surface area contributed by atoms with Crippen LogP contribution < -0.4 is 0 Å². The van der Waals surface area contributed by atoms with E-state index in [1.807, 2.05) is 0 Å². The van der Waals surface area contributed by atoms with Gasteiger partial charge in [-0.05, 0) is 19.3 Å². The van der Waals surface area contributed by atoms with Gasteiger partial charge in [-0.3, -0.25) is 0 Å². The van der Waals surface area contributed by atoms with E-state index < -0.39 is 0 Å². The second-order valence-electron chi connectivity index (χ2n) is 3.87. The van der Waals surface area contributed by atoms with E-state index in [9.17, 15) is 10.2 Å². The van der Waals surface area contributed by atoms with Gasteiger partial charge in [0.1, 0.15) is 0 Å². The molecule has 11 heavy (non-hydrogen) atoms. The summed E-state index contributed by atoms with van der Waals surface area (Å²) in [5, 5.41) is 18.9. The summed E-state index contributed by atoms with van der Waals surface area (Å²) in [4.78, 5) is 0. The van der Waals surface area contributed by atoms with E-state index >= 15 is 0 Å². The van der Waals surface area contributed by atoms with Crippen LogP contribution >= 0.6 is 0 Å². The Kier molecular flexibility index (Phi) is 1.38. The molecule has 2 N–H and O–H groups in total. The van der Waals surface area contributed by atoms with E-state index in [4.69, 9.17) is 0 Å². The van der Waals surface area contributed by atoms with Gasteiger partial charge in [-0.1, -0.05) is 12.2 Å². The minimum atomic E-state index is -0.358. The quantitative estimate of drug-likeness (QED) is 0.507. The van der Waals surface area contributed by atoms with Crippen molar-refractivity contribution >= 4 is 0 Å². The third-order valence-electron chi connectivity index (χ3n) is 3.11. The second-order valence-corrected chi connectivity index (χ2v) is 3.87. The Bertz CT molecular complexity index is 194. The Balaban J connectivity index is 2.16. The molecule has 2 saturated carbocycles. The van der Waals surface area contributed by atoms with E-state index in [2.05, 4.69) is 6.58 Å². The fourth-order valence-corrected chi connectivity index (χ4v) is 2.11. The zero-order chi connectivity index (χ0) is 8.06. The summed E-state index contributed by atoms with van der Waals surface area (Å²) >= 11 is 0. The molecule has 0 saturated heterocycles. The van der Waals surface area contributed by atoms with Crippen molar-refractivity contribution in [3.05, 3.63) is 12.2 Å². The predicted octanol–water partition coefficient (Wildman–Crippen LogP) is 0.838. The fourth-order valence-electron chi connectivity index (χ4n) is 2.11. The lowest BCUT2D eigenvalue weighted by molar-refractivity contribution is 0.0190. The van der Waals surface area contributed by atoms with Crippen molar-refractivity contribution < 1.29 is 10.2 Å². The summed E-state index contributed by atoms with van der Waals surface area (Å²) in [5.41, 5.74) is 1.09. The maximum Gasteiger partial charge on any atom is 0.0658 e. The molecular formula is C9H14O2. The third kappa shape index (κ3) is 0.932. The average molecular weight is 154 g/mol. The first kappa shape index (κ1) is 7.32. The van der Waals surface area contributed by atoms with Gasteiger partial charge in [-0.25, -0.2) is 0 Å². The van der Waals surface area contributed by atoms with Crippen molar-refractivity contribution in [2.45, 2.75) is 37.9 Å². The van der Waals surface area contributed by atoms with Crippen molar-refractivity contribution in [2.24, 2.45) is 5.41 Å². The highest BCUT2D eigenvalue weighted by atomic mass is 16.3. The standard InChI is InChI=1S/C9H14O2/c1-6-4-7(10)5-8(11)9(6)2-3-9/h7-8,10-11H,1-5H2/t7-,8+/m1/s1. The normalized spacial score (nSPS) is 41.1. The summed E-state index contributed by atoms with van der Waals surface area (Å²) in [6.07, 6.45) is 2.68. The lowest BCUT2D eigenvalue weighted by Gasteiger charge is -2.32. The monoisotopic (exact) mass is 154 g/mol. The van der Waals surface area contributed by atoms with Crippen molar-refractivity contribution in [3.63, 3.8) is 0 Å². The molecule has 0 aromatic heterocycles. The molecule has 2 aliphatic carbocycles. The van der Waals surface area contributed by atoms with Gasteiger partial charge < -0.3 is 10.2 Å². The molecule has 1 spiro atoms. The summed E-state index contributed by atoms with van der Waals surface area (Å²) in [5.74, 6) is 0. The Hall–Kier alpha value is -0.340. The van der Waals surface area contributed by atoms with Gasteiger partial charge in [0.2, 0.25) is 0 Å². The largest absolute Gasteiger partial charge is 0.393 e. The molecule has 0 heterocycles. The summed E-state index contributed by atoms with van der Waals surface area (Å²) in [6, 6.07) is 0. The average Bonchev–Trinajstić information content (AvgIpc) is 2.62. The highest BCUT2D eigenvalue weighted by Crippen LogP contribution is 2.58. The molecule has 0 amide bonds. The molecule has 2 nitrogen and oxygen atoms in total. The minimum absolute atomic E-state index is 0.0270. The first-order chi connectivity index (χ1) is 5.15. The van der Waals surface area contributed by atoms with E-state index in [0.29, 0.717) is 12.8 Å². The van der Waals surface area contributed by atoms with E-state index in [1.54, 1.807) is 0 Å². The van der Waals surface area contributed by atoms with Crippen LogP contribution in [0.2, 0.25) is 0 Å². The molecule has 0 aromatic carbocycles. The van der Waals surface area contributed by atoms with E-state index in [1.165, 1.54) is 0 Å². The summed E-state index contributed by atoms with van der Waals surface area (Å²) < 4.78 is 0. The van der Waals surface area contributed by atoms with Gasteiger partial charge in [0.15, 0.2) is 0 Å². The Morgan fingerprint density at radius 1 is 1.36 bits per heavy atom. The van der Waals surface area contributed by atoms with Gasteiger partial charge in [-0.2, -0.15) is 0 Å². The van der Waals surface area contributed by atoms with Crippen LogP contribution in [0.3, 0.4) is 0 Å². The van der Waals surface area contributed by atoms with Crippen molar-refractivity contribution in [2.75, 3.05) is 0 Å². The maximum absolute atomic E-state index is 9.62. The predicted molar refractivity (Wildman–Crippen MR) is 42.1 cm³/mol. The fraction of sp³-hybridized carbons (Fsp3) is 0.778. The van der Waals surface area contributed by atoms with Crippen LogP contribution in [-0.2, 0) is 0 Å². The highest BCUT2D eigenvalue weighted by Gasteiger charge is 2.53. The third-order valence-corrected chi connectivity index (χ3v) is 3.11. The van der Waals surface area contributed by atoms with Gasteiger partial charge in [0, 0.05) is 11.8 Å². The Labute approximate surface area is 66.5 Å². The molecule has 2 rings (SSSR count). The molecule has 0 unspecified atom stereocenters. The highest BCUT2D eigenvalue weighted by molar-refractivity contribution is 5.25. The molecule has 0 aromatic rings. The van der Waals surface area contributed by atoms with Crippen molar-refractivity contribution in [1.29, 1.82) is 0 Å². The molecule has 2 fully saturated rings. The van der Waals surface area contributed by atoms with E-state index in [-0.39, 0.29) is 17.6 Å². The van der Waals surface area contributed by atoms with Crippen molar-refractivity contribution in [3.8, 4) is 0 Å². The lowest BCUT2D eigenvalue weighted by atomic mass is 9.78. The first-order valence-corrected chi connectivity index (χ1v) is 4.19. The van der Waals surface area contributed by atoms with Gasteiger partial charge in [-0.15, -0.1) is 0 Å². The van der Waals surface area contributed by atoms with Crippen LogP contribution in [0.15, 0.2) is 12.2 Å². The molecule has 0 radical (unpaired) electrons. The number of aliphatic hydroxyl groups excluding tert-OH is 2. The Morgan fingerprint density at radius 3 is 2.45 bits per heavy atom. The van der Waals surface area contributed by atoms with Crippen LogP contribution in [0.4, 0.5) is 0 Å². The van der Waals surface area contributed by atoms with Crippen LogP contribution in [0.5, 0.6) is 0 Å². The van der Waals surface area contributed by atoms with Gasteiger partial charge >= 0.3 is 0 Å². The second kappa shape index (κ2) is 2.08. The van der Waals surface area contributed by atoms with Gasteiger partial charge in [0.05, 0.1) is 12.2 Å². The topological polar surface area (TPSA) is 40.5 Å². The number of rotatable bonds is 0. The smallest absolute Gasteiger partial charge is 0.0658 e. The molecule has 62 valence electrons. The molecule has 2 aliphatic rings. The zero-order valence-electron chi connectivity index (χ0n) is 6.58. The zero-order valence-corrected chi connectivity index (χ0v) is 6.58. The lowest BCUT2D eigenvalue weighted by Crippen LogP contribution is -2.34. The molecule has 2 atom stereocenters.